The van der Waals surface area contributed by atoms with Gasteiger partial charge in [0.05, 0.1) is 19.3 Å². The lowest BCUT2D eigenvalue weighted by molar-refractivity contribution is 0.0486. The molecule has 8 nitrogen and oxygen atoms in total. The minimum absolute atomic E-state index is 0. The Hall–Kier alpha value is -1.78. The molecule has 1 amide bonds. The van der Waals surface area contributed by atoms with Crippen molar-refractivity contribution < 1.29 is 14.3 Å². The fourth-order valence-corrected chi connectivity index (χ4v) is 2.69. The number of aromatic nitrogens is 1. The molecule has 2 N–H and O–H groups in total. The Kier molecular flexibility index (Phi) is 12.7. The lowest BCUT2D eigenvalue weighted by Gasteiger charge is -2.28. The molecule has 0 aromatic carbocycles. The lowest BCUT2D eigenvalue weighted by Crippen LogP contribution is -2.45. The summed E-state index contributed by atoms with van der Waals surface area (Å²) in [5, 5.41) is 6.29. The SMILES string of the molecule is CN=C(NCc1cccc(OC)n1)N(C)CCC(NC(=O)OC(C)(C)C)C(C)C.I. The number of aliphatic imine (C=N–C) groups is 1. The summed E-state index contributed by atoms with van der Waals surface area (Å²) in [6.45, 7) is 11.0. The van der Waals surface area contributed by atoms with Crippen LogP contribution in [0.3, 0.4) is 0 Å². The van der Waals surface area contributed by atoms with Gasteiger partial charge in [0.25, 0.3) is 0 Å². The predicted octanol–water partition coefficient (Wildman–Crippen LogP) is 3.65. The highest BCUT2D eigenvalue weighted by Gasteiger charge is 2.22. The summed E-state index contributed by atoms with van der Waals surface area (Å²) in [6, 6.07) is 5.66. The summed E-state index contributed by atoms with van der Waals surface area (Å²) in [5.41, 5.74) is 0.355. The molecule has 0 bridgehead atoms. The van der Waals surface area contributed by atoms with E-state index in [2.05, 4.69) is 34.5 Å². The number of amides is 1. The molecule has 0 saturated carbocycles. The van der Waals surface area contributed by atoms with Crippen LogP contribution in [-0.2, 0) is 11.3 Å². The monoisotopic (exact) mass is 535 g/mol. The van der Waals surface area contributed by atoms with Crippen LogP contribution >= 0.6 is 24.0 Å². The lowest BCUT2D eigenvalue weighted by atomic mass is 10.0. The molecule has 9 heteroatoms. The van der Waals surface area contributed by atoms with Crippen LogP contribution in [-0.4, -0.2) is 61.3 Å². The largest absolute Gasteiger partial charge is 0.481 e. The second kappa shape index (κ2) is 13.5. The van der Waals surface area contributed by atoms with Crippen LogP contribution in [0.15, 0.2) is 23.2 Å². The second-order valence-electron chi connectivity index (χ2n) is 8.28. The molecule has 172 valence electrons. The number of hydrogen-bond donors (Lipinski definition) is 2. The quantitative estimate of drug-likeness (QED) is 0.300. The number of nitrogens with one attached hydrogen (secondary N) is 2. The van der Waals surface area contributed by atoms with Gasteiger partial charge in [-0.25, -0.2) is 9.78 Å². The van der Waals surface area contributed by atoms with E-state index in [1.807, 2.05) is 50.9 Å². The van der Waals surface area contributed by atoms with Gasteiger partial charge >= 0.3 is 6.09 Å². The standard InChI is InChI=1S/C21H37N5O3.HI/c1-15(2)17(25-20(27)29-21(3,4)5)12-13-26(7)19(22-6)23-14-16-10-9-11-18(24-16)28-8;/h9-11,15,17H,12-14H2,1-8H3,(H,22,23)(H,25,27);1H. The summed E-state index contributed by atoms with van der Waals surface area (Å²) < 4.78 is 10.5. The molecule has 1 aromatic heterocycles. The number of rotatable bonds is 8. The Morgan fingerprint density at radius 3 is 2.50 bits per heavy atom. The van der Waals surface area contributed by atoms with Crippen LogP contribution in [0.1, 0.15) is 46.7 Å². The Bertz CT molecular complexity index is 677. The van der Waals surface area contributed by atoms with Gasteiger partial charge in [0.2, 0.25) is 5.88 Å². The Labute approximate surface area is 198 Å². The maximum atomic E-state index is 12.1. The average molecular weight is 535 g/mol. The molecule has 1 atom stereocenters. The Morgan fingerprint density at radius 1 is 1.30 bits per heavy atom. The van der Waals surface area contributed by atoms with Gasteiger partial charge in [-0.3, -0.25) is 4.99 Å². The number of carbonyl (C=O) groups is 1. The van der Waals surface area contributed by atoms with Crippen LogP contribution in [0.4, 0.5) is 4.79 Å². The number of alkyl carbamates (subject to hydrolysis) is 1. The minimum atomic E-state index is -0.511. The minimum Gasteiger partial charge on any atom is -0.481 e. The van der Waals surface area contributed by atoms with E-state index in [-0.39, 0.29) is 42.0 Å². The van der Waals surface area contributed by atoms with Gasteiger partial charge in [-0.15, -0.1) is 24.0 Å². The van der Waals surface area contributed by atoms with Crippen LogP contribution in [0, 0.1) is 5.92 Å². The molecule has 0 saturated heterocycles. The van der Waals surface area contributed by atoms with Crippen LogP contribution in [0.25, 0.3) is 0 Å². The van der Waals surface area contributed by atoms with Crippen molar-refractivity contribution in [3.8, 4) is 5.88 Å². The Balaban J connectivity index is 0.00000841. The number of hydrogen-bond acceptors (Lipinski definition) is 5. The Morgan fingerprint density at radius 2 is 1.97 bits per heavy atom. The van der Waals surface area contributed by atoms with Gasteiger partial charge in [-0.2, -0.15) is 0 Å². The maximum absolute atomic E-state index is 12.1. The molecular formula is C21H38IN5O3. The zero-order chi connectivity index (χ0) is 22.0. The third-order valence-electron chi connectivity index (χ3n) is 4.27. The van der Waals surface area contributed by atoms with Crippen molar-refractivity contribution in [2.75, 3.05) is 27.7 Å². The van der Waals surface area contributed by atoms with Crippen molar-refractivity contribution in [2.24, 2.45) is 10.9 Å². The third kappa shape index (κ3) is 10.8. The van der Waals surface area contributed by atoms with Crippen molar-refractivity contribution >= 4 is 36.0 Å². The van der Waals surface area contributed by atoms with E-state index in [4.69, 9.17) is 9.47 Å². The predicted molar refractivity (Wildman–Crippen MR) is 132 cm³/mol. The van der Waals surface area contributed by atoms with Gasteiger partial charge in [-0.05, 0) is 39.2 Å². The molecule has 0 radical (unpaired) electrons. The molecular weight excluding hydrogens is 497 g/mol. The highest BCUT2D eigenvalue weighted by Crippen LogP contribution is 2.11. The molecule has 30 heavy (non-hydrogen) atoms. The van der Waals surface area contributed by atoms with Gasteiger partial charge < -0.3 is 25.0 Å². The highest BCUT2D eigenvalue weighted by atomic mass is 127. The smallest absolute Gasteiger partial charge is 0.407 e. The van der Waals surface area contributed by atoms with Crippen LogP contribution in [0.5, 0.6) is 5.88 Å². The first-order valence-electron chi connectivity index (χ1n) is 9.97. The number of pyridine rings is 1. The third-order valence-corrected chi connectivity index (χ3v) is 4.27. The molecule has 1 unspecified atom stereocenters. The van der Waals surface area contributed by atoms with Gasteiger partial charge in [0, 0.05) is 32.7 Å². The summed E-state index contributed by atoms with van der Waals surface area (Å²) in [7, 11) is 5.32. The summed E-state index contributed by atoms with van der Waals surface area (Å²) in [6.07, 6.45) is 0.386. The number of methoxy groups -OCH3 is 1. The van der Waals surface area contributed by atoms with E-state index in [0.29, 0.717) is 12.4 Å². The van der Waals surface area contributed by atoms with Gasteiger partial charge in [0.15, 0.2) is 5.96 Å². The average Bonchev–Trinajstić information content (AvgIpc) is 2.64. The highest BCUT2D eigenvalue weighted by molar-refractivity contribution is 14.0. The zero-order valence-electron chi connectivity index (χ0n) is 19.5. The van der Waals surface area contributed by atoms with Gasteiger partial charge in [0.1, 0.15) is 5.60 Å². The molecule has 0 spiro atoms. The van der Waals surface area contributed by atoms with E-state index >= 15 is 0 Å². The van der Waals surface area contributed by atoms with Crippen LogP contribution in [0.2, 0.25) is 0 Å². The summed E-state index contributed by atoms with van der Waals surface area (Å²) in [4.78, 5) is 22.9. The van der Waals surface area contributed by atoms with Gasteiger partial charge in [-0.1, -0.05) is 19.9 Å². The molecule has 1 rings (SSSR count). The van der Waals surface area contributed by atoms with E-state index in [9.17, 15) is 4.79 Å². The van der Waals surface area contributed by atoms with Crippen molar-refractivity contribution in [3.05, 3.63) is 23.9 Å². The van der Waals surface area contributed by atoms with Crippen molar-refractivity contribution in [2.45, 2.75) is 59.2 Å². The van der Waals surface area contributed by atoms with E-state index in [1.165, 1.54) is 0 Å². The fraction of sp³-hybridized carbons (Fsp3) is 0.667. The first-order valence-corrected chi connectivity index (χ1v) is 9.97. The van der Waals surface area contributed by atoms with Crippen molar-refractivity contribution in [3.63, 3.8) is 0 Å². The van der Waals surface area contributed by atoms with E-state index < -0.39 is 5.60 Å². The molecule has 0 aliphatic rings. The second-order valence-corrected chi connectivity index (χ2v) is 8.28. The van der Waals surface area contributed by atoms with E-state index in [1.54, 1.807) is 14.2 Å². The summed E-state index contributed by atoms with van der Waals surface area (Å²) >= 11 is 0. The molecule has 0 aliphatic heterocycles. The molecule has 1 heterocycles. The van der Waals surface area contributed by atoms with E-state index in [0.717, 1.165) is 24.6 Å². The number of nitrogens with zero attached hydrogens (tertiary/aromatic N) is 3. The molecule has 0 aliphatic carbocycles. The first-order chi connectivity index (χ1) is 13.6. The zero-order valence-corrected chi connectivity index (χ0v) is 21.8. The first kappa shape index (κ1) is 28.2. The van der Waals surface area contributed by atoms with Crippen molar-refractivity contribution in [1.82, 2.24) is 20.5 Å². The normalized spacial score (nSPS) is 12.6. The summed E-state index contributed by atoms with van der Waals surface area (Å²) in [5.74, 6) is 1.63. The van der Waals surface area contributed by atoms with Crippen LogP contribution < -0.4 is 15.4 Å². The molecule has 0 fully saturated rings. The number of carbonyl (C=O) groups excluding carboxylic acids is 1. The topological polar surface area (TPSA) is 88.1 Å². The number of ether oxygens (including phenoxy) is 2. The van der Waals surface area contributed by atoms with Crippen molar-refractivity contribution in [1.29, 1.82) is 0 Å². The number of halogens is 1. The fourth-order valence-electron chi connectivity index (χ4n) is 2.69. The molecule has 1 aromatic rings. The maximum Gasteiger partial charge on any atom is 0.407 e. The number of guanidine groups is 1.